The topological polar surface area (TPSA) is 58.2 Å². The second kappa shape index (κ2) is 5.09. The highest BCUT2D eigenvalue weighted by atomic mass is 32.2. The first kappa shape index (κ1) is 11.9. The highest BCUT2D eigenvalue weighted by molar-refractivity contribution is 7.89. The van der Waals surface area contributed by atoms with Gasteiger partial charge in [-0.05, 0) is 18.8 Å². The van der Waals surface area contributed by atoms with E-state index in [1.807, 2.05) is 0 Å². The molecule has 0 amide bonds. The molecule has 1 rings (SSSR count). The largest absolute Gasteiger partial charge is 0.313 e. The molecule has 14 heavy (non-hydrogen) atoms. The maximum absolute atomic E-state index is 11.2. The number of hydrogen-bond donors (Lipinski definition) is 2. The van der Waals surface area contributed by atoms with E-state index in [4.69, 9.17) is 0 Å². The summed E-state index contributed by atoms with van der Waals surface area (Å²) in [6.45, 7) is 5.04. The van der Waals surface area contributed by atoms with Gasteiger partial charge in [-0.15, -0.1) is 0 Å². The van der Waals surface area contributed by atoms with Crippen molar-refractivity contribution < 1.29 is 8.42 Å². The third-order valence-corrected chi connectivity index (χ3v) is 4.01. The van der Waals surface area contributed by atoms with Crippen LogP contribution in [0.4, 0.5) is 0 Å². The predicted octanol–water partition coefficient (Wildman–Crippen LogP) is 0.314. The average molecular weight is 220 g/mol. The smallest absolute Gasteiger partial charge is 0.212 e. The third kappa shape index (κ3) is 3.94. The Balaban J connectivity index is 2.09. The molecule has 0 saturated heterocycles. The fourth-order valence-corrected chi connectivity index (χ4v) is 2.73. The Morgan fingerprint density at radius 1 is 1.36 bits per heavy atom. The van der Waals surface area contributed by atoms with E-state index in [1.165, 1.54) is 12.8 Å². The van der Waals surface area contributed by atoms with Gasteiger partial charge in [-0.25, -0.2) is 13.1 Å². The zero-order chi connectivity index (χ0) is 10.6. The van der Waals surface area contributed by atoms with E-state index in [2.05, 4.69) is 17.0 Å². The van der Waals surface area contributed by atoms with Crippen molar-refractivity contribution in [3.8, 4) is 0 Å². The zero-order valence-electron chi connectivity index (χ0n) is 8.91. The average Bonchev–Trinajstić information content (AvgIpc) is 2.00. The number of nitrogens with one attached hydrogen (secondary N) is 2. The first-order valence-electron chi connectivity index (χ1n) is 5.24. The van der Waals surface area contributed by atoms with E-state index in [0.717, 1.165) is 5.92 Å². The molecule has 0 heterocycles. The molecule has 4 nitrogen and oxygen atoms in total. The van der Waals surface area contributed by atoms with Crippen molar-refractivity contribution >= 4 is 10.0 Å². The van der Waals surface area contributed by atoms with Gasteiger partial charge < -0.3 is 5.32 Å². The molecule has 1 fully saturated rings. The van der Waals surface area contributed by atoms with Crippen LogP contribution in [0.3, 0.4) is 0 Å². The lowest BCUT2D eigenvalue weighted by molar-refractivity contribution is 0.245. The van der Waals surface area contributed by atoms with E-state index < -0.39 is 10.0 Å². The summed E-state index contributed by atoms with van der Waals surface area (Å²) in [4.78, 5) is 0. The van der Waals surface area contributed by atoms with Crippen LogP contribution in [0.2, 0.25) is 0 Å². The first-order valence-corrected chi connectivity index (χ1v) is 6.89. The predicted molar refractivity (Wildman–Crippen MR) is 57.7 cm³/mol. The summed E-state index contributed by atoms with van der Waals surface area (Å²) in [5.74, 6) is 0.990. The van der Waals surface area contributed by atoms with Crippen molar-refractivity contribution in [2.75, 3.05) is 18.8 Å². The fourth-order valence-electron chi connectivity index (χ4n) is 1.76. The van der Waals surface area contributed by atoms with Crippen LogP contribution in [0, 0.1) is 5.92 Å². The van der Waals surface area contributed by atoms with Crippen LogP contribution in [0.25, 0.3) is 0 Å². The quantitative estimate of drug-likeness (QED) is 0.677. The maximum Gasteiger partial charge on any atom is 0.212 e. The van der Waals surface area contributed by atoms with E-state index in [9.17, 15) is 8.42 Å². The Labute approximate surface area is 86.5 Å². The molecule has 0 aromatic carbocycles. The summed E-state index contributed by atoms with van der Waals surface area (Å²) in [6.07, 6.45) is 2.36. The van der Waals surface area contributed by atoms with Gasteiger partial charge in [0.05, 0.1) is 5.75 Å². The van der Waals surface area contributed by atoms with E-state index in [1.54, 1.807) is 6.92 Å². The van der Waals surface area contributed by atoms with Gasteiger partial charge in [0.1, 0.15) is 0 Å². The Morgan fingerprint density at radius 3 is 2.50 bits per heavy atom. The van der Waals surface area contributed by atoms with Crippen LogP contribution >= 0.6 is 0 Å². The molecular formula is C9H20N2O2S. The van der Waals surface area contributed by atoms with Crippen LogP contribution in [0.5, 0.6) is 0 Å². The standard InChI is InChI=1S/C9H20N2O2S/c1-3-11-14(12,13)5-4-10-9-6-8(2)7-9/h8-11H,3-7H2,1-2H3. The van der Waals surface area contributed by atoms with Gasteiger partial charge in [0, 0.05) is 19.1 Å². The minimum atomic E-state index is -3.04. The van der Waals surface area contributed by atoms with Crippen molar-refractivity contribution in [1.82, 2.24) is 10.0 Å². The first-order chi connectivity index (χ1) is 6.53. The van der Waals surface area contributed by atoms with E-state index >= 15 is 0 Å². The van der Waals surface area contributed by atoms with E-state index in [-0.39, 0.29) is 5.75 Å². The summed E-state index contributed by atoms with van der Waals surface area (Å²) in [7, 11) is -3.04. The molecule has 0 unspecified atom stereocenters. The molecule has 1 aliphatic carbocycles. The second-order valence-electron chi connectivity index (χ2n) is 4.04. The molecule has 0 aromatic rings. The molecule has 0 radical (unpaired) electrons. The number of sulfonamides is 1. The molecular weight excluding hydrogens is 200 g/mol. The van der Waals surface area contributed by atoms with Crippen LogP contribution < -0.4 is 10.0 Å². The highest BCUT2D eigenvalue weighted by Crippen LogP contribution is 2.25. The van der Waals surface area contributed by atoms with Gasteiger partial charge in [0.25, 0.3) is 0 Å². The lowest BCUT2D eigenvalue weighted by atomic mass is 9.82. The van der Waals surface area contributed by atoms with Gasteiger partial charge in [-0.2, -0.15) is 0 Å². The minimum absolute atomic E-state index is 0.186. The summed E-state index contributed by atoms with van der Waals surface area (Å²) in [6, 6.07) is 0.543. The van der Waals surface area contributed by atoms with Crippen molar-refractivity contribution in [1.29, 1.82) is 0 Å². The van der Waals surface area contributed by atoms with Crippen LogP contribution in [-0.4, -0.2) is 33.3 Å². The number of rotatable bonds is 6. The zero-order valence-corrected chi connectivity index (χ0v) is 9.73. The van der Waals surface area contributed by atoms with Gasteiger partial charge in [0.15, 0.2) is 0 Å². The minimum Gasteiger partial charge on any atom is -0.313 e. The molecule has 2 N–H and O–H groups in total. The molecule has 0 bridgehead atoms. The monoisotopic (exact) mass is 220 g/mol. The fraction of sp³-hybridized carbons (Fsp3) is 1.00. The normalized spacial score (nSPS) is 27.3. The SMILES string of the molecule is CCNS(=O)(=O)CCNC1CC(C)C1. The summed E-state index contributed by atoms with van der Waals surface area (Å²) in [5.41, 5.74) is 0. The Morgan fingerprint density at radius 2 is 2.00 bits per heavy atom. The molecule has 1 saturated carbocycles. The maximum atomic E-state index is 11.2. The van der Waals surface area contributed by atoms with Crippen LogP contribution in [0.15, 0.2) is 0 Å². The lowest BCUT2D eigenvalue weighted by Gasteiger charge is -2.33. The molecule has 84 valence electrons. The lowest BCUT2D eigenvalue weighted by Crippen LogP contribution is -2.43. The summed E-state index contributed by atoms with van der Waals surface area (Å²) >= 11 is 0. The Bertz CT molecular complexity index is 258. The molecule has 5 heteroatoms. The van der Waals surface area contributed by atoms with Crippen molar-refractivity contribution in [3.05, 3.63) is 0 Å². The highest BCUT2D eigenvalue weighted by Gasteiger charge is 2.24. The van der Waals surface area contributed by atoms with Crippen LogP contribution in [0.1, 0.15) is 26.7 Å². The molecule has 0 aliphatic heterocycles. The van der Waals surface area contributed by atoms with Crippen molar-refractivity contribution in [2.24, 2.45) is 5.92 Å². The van der Waals surface area contributed by atoms with Crippen LogP contribution in [-0.2, 0) is 10.0 Å². The molecule has 0 atom stereocenters. The van der Waals surface area contributed by atoms with Gasteiger partial charge in [0.2, 0.25) is 10.0 Å². The molecule has 1 aliphatic rings. The Hall–Kier alpha value is -0.130. The van der Waals surface area contributed by atoms with Gasteiger partial charge in [-0.3, -0.25) is 0 Å². The van der Waals surface area contributed by atoms with Gasteiger partial charge in [-0.1, -0.05) is 13.8 Å². The Kier molecular flexibility index (Phi) is 4.34. The van der Waals surface area contributed by atoms with E-state index in [0.29, 0.717) is 19.1 Å². The third-order valence-electron chi connectivity index (χ3n) is 2.54. The molecule has 0 aromatic heterocycles. The van der Waals surface area contributed by atoms with Gasteiger partial charge >= 0.3 is 0 Å². The van der Waals surface area contributed by atoms with Crippen molar-refractivity contribution in [3.63, 3.8) is 0 Å². The second-order valence-corrected chi connectivity index (χ2v) is 5.97. The number of hydrogen-bond acceptors (Lipinski definition) is 3. The van der Waals surface area contributed by atoms with Crippen molar-refractivity contribution in [2.45, 2.75) is 32.7 Å². The summed E-state index contributed by atoms with van der Waals surface area (Å²) in [5, 5.41) is 3.24. The summed E-state index contributed by atoms with van der Waals surface area (Å²) < 4.78 is 24.9. The molecule has 0 spiro atoms.